The van der Waals surface area contributed by atoms with Crippen LogP contribution in [-0.2, 0) is 14.9 Å². The van der Waals surface area contributed by atoms with Crippen LogP contribution in [0.2, 0.25) is 0 Å². The highest BCUT2D eigenvalue weighted by Crippen LogP contribution is 2.25. The van der Waals surface area contributed by atoms with Crippen LogP contribution in [0.4, 0.5) is 0 Å². The van der Waals surface area contributed by atoms with E-state index in [1.807, 2.05) is 6.92 Å². The van der Waals surface area contributed by atoms with E-state index >= 15 is 0 Å². The molecule has 0 bridgehead atoms. The quantitative estimate of drug-likeness (QED) is 0.899. The van der Waals surface area contributed by atoms with Crippen molar-refractivity contribution in [2.75, 3.05) is 33.4 Å². The number of aromatic hydroxyl groups is 1. The first-order valence-electron chi connectivity index (χ1n) is 6.52. The van der Waals surface area contributed by atoms with Crippen molar-refractivity contribution in [1.82, 2.24) is 8.61 Å². The van der Waals surface area contributed by atoms with Gasteiger partial charge < -0.3 is 9.84 Å². The Bertz CT molecular complexity index is 538. The number of hydrogen-bond acceptors (Lipinski definition) is 4. The second-order valence-corrected chi connectivity index (χ2v) is 6.79. The number of morpholine rings is 1. The minimum absolute atomic E-state index is 0.166. The summed E-state index contributed by atoms with van der Waals surface area (Å²) >= 11 is 0. The van der Waals surface area contributed by atoms with Crippen molar-refractivity contribution in [1.29, 1.82) is 0 Å². The zero-order chi connectivity index (χ0) is 14.8. The Morgan fingerprint density at radius 3 is 2.35 bits per heavy atom. The standard InChI is InChI=1S/C13H20N2O4S/c1-11(12-3-5-13(16)6-4-12)14(2)20(17,18)15-7-9-19-10-8-15/h3-6,11,16H,7-10H2,1-2H3. The second kappa shape index (κ2) is 6.09. The van der Waals surface area contributed by atoms with Crippen molar-refractivity contribution in [3.8, 4) is 5.75 Å². The summed E-state index contributed by atoms with van der Waals surface area (Å²) in [5, 5.41) is 9.29. The number of rotatable bonds is 4. The van der Waals surface area contributed by atoms with E-state index in [-0.39, 0.29) is 11.8 Å². The fourth-order valence-corrected chi connectivity index (χ4v) is 3.62. The Morgan fingerprint density at radius 2 is 1.80 bits per heavy atom. The highest BCUT2D eigenvalue weighted by atomic mass is 32.2. The van der Waals surface area contributed by atoms with Crippen LogP contribution in [0.5, 0.6) is 5.75 Å². The van der Waals surface area contributed by atoms with Crippen LogP contribution in [0, 0.1) is 0 Å². The van der Waals surface area contributed by atoms with Gasteiger partial charge in [-0.3, -0.25) is 0 Å². The maximum Gasteiger partial charge on any atom is 0.282 e. The van der Waals surface area contributed by atoms with Gasteiger partial charge in [0.25, 0.3) is 10.2 Å². The van der Waals surface area contributed by atoms with Gasteiger partial charge in [-0.2, -0.15) is 17.0 Å². The third-order valence-corrected chi connectivity index (χ3v) is 5.64. The first kappa shape index (κ1) is 15.2. The monoisotopic (exact) mass is 300 g/mol. The molecule has 1 aliphatic rings. The number of hydrogen-bond donors (Lipinski definition) is 1. The lowest BCUT2D eigenvalue weighted by Gasteiger charge is -2.33. The average molecular weight is 300 g/mol. The fraction of sp³-hybridized carbons (Fsp3) is 0.538. The summed E-state index contributed by atoms with van der Waals surface area (Å²) in [6.07, 6.45) is 0. The summed E-state index contributed by atoms with van der Waals surface area (Å²) < 4.78 is 33.0. The lowest BCUT2D eigenvalue weighted by atomic mass is 10.1. The van der Waals surface area contributed by atoms with Gasteiger partial charge in [-0.05, 0) is 24.6 Å². The summed E-state index contributed by atoms with van der Waals surface area (Å²) in [6, 6.07) is 6.27. The number of nitrogens with zero attached hydrogens (tertiary/aromatic N) is 2. The van der Waals surface area contributed by atoms with Crippen LogP contribution >= 0.6 is 0 Å². The number of ether oxygens (including phenoxy) is 1. The minimum atomic E-state index is -3.50. The molecule has 20 heavy (non-hydrogen) atoms. The molecule has 1 aliphatic heterocycles. The summed E-state index contributed by atoms with van der Waals surface area (Å²) in [5.41, 5.74) is 0.835. The van der Waals surface area contributed by atoms with Crippen LogP contribution in [0.3, 0.4) is 0 Å². The van der Waals surface area contributed by atoms with Gasteiger partial charge >= 0.3 is 0 Å². The van der Waals surface area contributed by atoms with Crippen LogP contribution < -0.4 is 0 Å². The molecule has 1 unspecified atom stereocenters. The van der Waals surface area contributed by atoms with Gasteiger partial charge in [0.2, 0.25) is 0 Å². The smallest absolute Gasteiger partial charge is 0.282 e. The van der Waals surface area contributed by atoms with Gasteiger partial charge in [-0.25, -0.2) is 0 Å². The Morgan fingerprint density at radius 1 is 1.25 bits per heavy atom. The Labute approximate surface area is 119 Å². The molecule has 1 aromatic rings. The molecule has 0 amide bonds. The summed E-state index contributed by atoms with van der Waals surface area (Å²) in [6.45, 7) is 3.45. The van der Waals surface area contributed by atoms with Gasteiger partial charge in [0.15, 0.2) is 0 Å². The van der Waals surface area contributed by atoms with E-state index in [4.69, 9.17) is 4.74 Å². The Kier molecular flexibility index (Phi) is 4.64. The molecule has 1 fully saturated rings. The summed E-state index contributed by atoms with van der Waals surface area (Å²) in [4.78, 5) is 0. The lowest BCUT2D eigenvalue weighted by molar-refractivity contribution is 0.0700. The van der Waals surface area contributed by atoms with Crippen molar-refractivity contribution in [2.24, 2.45) is 0 Å². The van der Waals surface area contributed by atoms with Gasteiger partial charge in [-0.15, -0.1) is 0 Å². The first-order chi connectivity index (χ1) is 9.43. The zero-order valence-corrected chi connectivity index (χ0v) is 12.5. The van der Waals surface area contributed by atoms with E-state index in [0.29, 0.717) is 26.3 Å². The van der Waals surface area contributed by atoms with Gasteiger partial charge in [0.1, 0.15) is 5.75 Å². The molecular weight excluding hydrogens is 280 g/mol. The van der Waals surface area contributed by atoms with E-state index < -0.39 is 10.2 Å². The fourth-order valence-electron chi connectivity index (χ4n) is 2.12. The van der Waals surface area contributed by atoms with Crippen molar-refractivity contribution in [3.05, 3.63) is 29.8 Å². The predicted octanol–water partition coefficient (Wildman–Crippen LogP) is 0.962. The van der Waals surface area contributed by atoms with Gasteiger partial charge in [0.05, 0.1) is 13.2 Å². The molecule has 7 heteroatoms. The summed E-state index contributed by atoms with van der Waals surface area (Å²) in [7, 11) is -1.92. The van der Waals surface area contributed by atoms with Crippen LogP contribution in [0.25, 0.3) is 0 Å². The van der Waals surface area contributed by atoms with Crippen molar-refractivity contribution >= 4 is 10.2 Å². The Hall–Kier alpha value is -1.15. The van der Waals surface area contributed by atoms with Crippen molar-refractivity contribution < 1.29 is 18.3 Å². The maximum atomic E-state index is 12.5. The third-order valence-electron chi connectivity index (χ3n) is 3.58. The molecule has 0 spiro atoms. The summed E-state index contributed by atoms with van der Waals surface area (Å²) in [5.74, 6) is 0.166. The molecule has 2 rings (SSSR count). The van der Waals surface area contributed by atoms with Crippen LogP contribution in [-0.4, -0.2) is 55.5 Å². The van der Waals surface area contributed by atoms with Crippen LogP contribution in [0.1, 0.15) is 18.5 Å². The lowest BCUT2D eigenvalue weighted by Crippen LogP contribution is -2.47. The highest BCUT2D eigenvalue weighted by Gasteiger charge is 2.31. The first-order valence-corrected chi connectivity index (χ1v) is 7.92. The Balaban J connectivity index is 2.16. The number of phenolic OH excluding ortho intramolecular Hbond substituents is 1. The molecule has 0 aliphatic carbocycles. The van der Waals surface area contributed by atoms with E-state index in [1.165, 1.54) is 8.61 Å². The van der Waals surface area contributed by atoms with Gasteiger partial charge in [-0.1, -0.05) is 12.1 Å². The average Bonchev–Trinajstić information content (AvgIpc) is 2.47. The second-order valence-electron chi connectivity index (χ2n) is 4.80. The molecule has 1 heterocycles. The molecule has 112 valence electrons. The van der Waals surface area contributed by atoms with E-state index in [0.717, 1.165) is 5.56 Å². The third kappa shape index (κ3) is 3.12. The highest BCUT2D eigenvalue weighted by molar-refractivity contribution is 7.86. The minimum Gasteiger partial charge on any atom is -0.508 e. The predicted molar refractivity (Wildman–Crippen MR) is 75.6 cm³/mol. The largest absolute Gasteiger partial charge is 0.508 e. The topological polar surface area (TPSA) is 70.1 Å². The maximum absolute atomic E-state index is 12.5. The molecule has 0 saturated carbocycles. The van der Waals surface area contributed by atoms with Gasteiger partial charge in [0, 0.05) is 26.2 Å². The number of phenols is 1. The molecule has 1 aromatic carbocycles. The van der Waals surface area contributed by atoms with E-state index in [1.54, 1.807) is 31.3 Å². The van der Waals surface area contributed by atoms with E-state index in [2.05, 4.69) is 0 Å². The van der Waals surface area contributed by atoms with Crippen molar-refractivity contribution in [3.63, 3.8) is 0 Å². The molecule has 1 atom stereocenters. The van der Waals surface area contributed by atoms with Crippen LogP contribution in [0.15, 0.2) is 24.3 Å². The SMILES string of the molecule is CC(c1ccc(O)cc1)N(C)S(=O)(=O)N1CCOCC1. The molecule has 6 nitrogen and oxygen atoms in total. The normalized spacial score (nSPS) is 19.1. The molecule has 0 radical (unpaired) electrons. The van der Waals surface area contributed by atoms with E-state index in [9.17, 15) is 13.5 Å². The molecule has 0 aromatic heterocycles. The van der Waals surface area contributed by atoms with Crippen molar-refractivity contribution in [2.45, 2.75) is 13.0 Å². The zero-order valence-electron chi connectivity index (χ0n) is 11.7. The molecular formula is C13H20N2O4S. The molecule has 1 N–H and O–H groups in total. The number of benzene rings is 1. The molecule has 1 saturated heterocycles.